The van der Waals surface area contributed by atoms with Gasteiger partial charge in [0.25, 0.3) is 0 Å². The van der Waals surface area contributed by atoms with E-state index >= 15 is 0 Å². The summed E-state index contributed by atoms with van der Waals surface area (Å²) < 4.78 is 0. The van der Waals surface area contributed by atoms with Gasteiger partial charge in [0.2, 0.25) is 0 Å². The Hall–Kier alpha value is -1.89. The van der Waals surface area contributed by atoms with Crippen molar-refractivity contribution in [3.8, 4) is 0 Å². The van der Waals surface area contributed by atoms with Crippen molar-refractivity contribution in [2.45, 2.75) is 79.1 Å². The van der Waals surface area contributed by atoms with Gasteiger partial charge in [-0.05, 0) is 78.2 Å². The molecule has 0 atom stereocenters. The molecular weight excluding hydrogens is 316 g/mol. The second kappa shape index (κ2) is 13.3. The molecule has 0 amide bonds. The molecule has 0 bridgehead atoms. The predicted molar refractivity (Wildman–Crippen MR) is 114 cm³/mol. The van der Waals surface area contributed by atoms with Crippen LogP contribution < -0.4 is 0 Å². The highest BCUT2D eigenvalue weighted by Crippen LogP contribution is 2.14. The summed E-state index contributed by atoms with van der Waals surface area (Å²) in [6, 6.07) is 10.7. The molecule has 0 fully saturated rings. The lowest BCUT2D eigenvalue weighted by Gasteiger charge is -2.04. The summed E-state index contributed by atoms with van der Waals surface area (Å²) in [5, 5.41) is 0. The first-order chi connectivity index (χ1) is 12.5. The van der Waals surface area contributed by atoms with Crippen LogP contribution in [0.4, 0.5) is 0 Å². The lowest BCUT2D eigenvalue weighted by molar-refractivity contribution is -0.116. The van der Waals surface area contributed by atoms with Crippen LogP contribution in [0, 0.1) is 0 Å². The third-order valence-corrected chi connectivity index (χ3v) is 4.70. The minimum atomic E-state index is 0.275. The summed E-state index contributed by atoms with van der Waals surface area (Å²) in [6.45, 7) is 8.31. The van der Waals surface area contributed by atoms with Gasteiger partial charge in [0, 0.05) is 6.42 Å². The molecule has 0 aliphatic carbocycles. The first kappa shape index (κ1) is 22.2. The van der Waals surface area contributed by atoms with Crippen molar-refractivity contribution in [1.82, 2.24) is 0 Å². The number of aryl methyl sites for hydroxylation is 1. The number of rotatable bonds is 12. The quantitative estimate of drug-likeness (QED) is 0.358. The first-order valence-electron chi connectivity index (χ1n) is 9.97. The zero-order valence-corrected chi connectivity index (χ0v) is 17.2. The highest BCUT2D eigenvalue weighted by molar-refractivity contribution is 5.75. The van der Waals surface area contributed by atoms with E-state index in [0.29, 0.717) is 6.42 Å². The number of carbonyl (C=O) groups excluding carboxylic acids is 1. The van der Waals surface area contributed by atoms with Crippen molar-refractivity contribution >= 4 is 5.78 Å². The molecule has 0 heterocycles. The maximum atomic E-state index is 10.9. The molecule has 1 heteroatoms. The van der Waals surface area contributed by atoms with Crippen LogP contribution in [0.3, 0.4) is 0 Å². The van der Waals surface area contributed by atoms with Crippen molar-refractivity contribution < 1.29 is 4.79 Å². The fourth-order valence-corrected chi connectivity index (χ4v) is 2.91. The van der Waals surface area contributed by atoms with Crippen molar-refractivity contribution in [2.75, 3.05) is 0 Å². The average molecular weight is 353 g/mol. The van der Waals surface area contributed by atoms with E-state index in [2.05, 4.69) is 69.3 Å². The maximum Gasteiger partial charge on any atom is 0.130 e. The lowest BCUT2D eigenvalue weighted by Crippen LogP contribution is -1.88. The van der Waals surface area contributed by atoms with Gasteiger partial charge in [-0.15, -0.1) is 0 Å². The van der Waals surface area contributed by atoms with Gasteiger partial charge in [-0.1, -0.05) is 65.3 Å². The number of carbonyl (C=O) groups is 1. The topological polar surface area (TPSA) is 17.1 Å². The van der Waals surface area contributed by atoms with Crippen LogP contribution in [0.25, 0.3) is 0 Å². The molecule has 0 aromatic heterocycles. The lowest BCUT2D eigenvalue weighted by atomic mass is 10.0. The monoisotopic (exact) mass is 352 g/mol. The highest BCUT2D eigenvalue weighted by Gasteiger charge is 1.96. The Balaban J connectivity index is 2.22. The Morgan fingerprint density at radius 1 is 0.692 bits per heavy atom. The molecule has 0 saturated heterocycles. The molecule has 0 N–H and O–H groups in total. The number of allylic oxidation sites excluding steroid dienone is 6. The van der Waals surface area contributed by atoms with E-state index in [0.717, 1.165) is 44.9 Å². The third-order valence-electron chi connectivity index (χ3n) is 4.70. The van der Waals surface area contributed by atoms with Crippen molar-refractivity contribution in [1.29, 1.82) is 0 Å². The second-order valence-corrected chi connectivity index (χ2v) is 7.46. The van der Waals surface area contributed by atoms with Crippen molar-refractivity contribution in [2.24, 2.45) is 0 Å². The zero-order valence-electron chi connectivity index (χ0n) is 17.2. The minimum absolute atomic E-state index is 0.275. The van der Waals surface area contributed by atoms with E-state index in [-0.39, 0.29) is 5.78 Å². The molecule has 0 aliphatic heterocycles. The molecule has 1 aromatic carbocycles. The minimum Gasteiger partial charge on any atom is -0.300 e. The fraction of sp³-hybridized carbons (Fsp3) is 0.480. The summed E-state index contributed by atoms with van der Waals surface area (Å²) in [7, 11) is 0. The van der Waals surface area contributed by atoms with Gasteiger partial charge < -0.3 is 4.79 Å². The second-order valence-electron chi connectivity index (χ2n) is 7.46. The van der Waals surface area contributed by atoms with E-state index in [1.54, 1.807) is 6.92 Å². The Kier molecular flexibility index (Phi) is 11.4. The van der Waals surface area contributed by atoms with Gasteiger partial charge in [-0.3, -0.25) is 0 Å². The summed E-state index contributed by atoms with van der Waals surface area (Å²) in [6.07, 6.45) is 15.3. The van der Waals surface area contributed by atoms with Gasteiger partial charge in [-0.2, -0.15) is 0 Å². The number of hydrogen-bond donors (Lipinski definition) is 0. The molecule has 1 aromatic rings. The average Bonchev–Trinajstić information content (AvgIpc) is 2.60. The van der Waals surface area contributed by atoms with Crippen molar-refractivity contribution in [3.63, 3.8) is 0 Å². The molecule has 0 saturated carbocycles. The first-order valence-corrected chi connectivity index (χ1v) is 9.97. The molecule has 0 unspecified atom stereocenters. The van der Waals surface area contributed by atoms with Gasteiger partial charge >= 0.3 is 0 Å². The number of hydrogen-bond acceptors (Lipinski definition) is 1. The normalized spacial score (nSPS) is 13.2. The van der Waals surface area contributed by atoms with Crippen LogP contribution in [0.5, 0.6) is 0 Å². The molecule has 0 aliphatic rings. The van der Waals surface area contributed by atoms with Crippen LogP contribution in [-0.2, 0) is 11.2 Å². The molecular formula is C25H36O. The molecule has 0 spiro atoms. The third kappa shape index (κ3) is 11.6. The fourth-order valence-electron chi connectivity index (χ4n) is 2.91. The summed E-state index contributed by atoms with van der Waals surface area (Å²) in [5.41, 5.74) is 5.79. The van der Waals surface area contributed by atoms with Crippen LogP contribution in [-0.4, -0.2) is 5.78 Å². The number of ketones is 1. The van der Waals surface area contributed by atoms with Crippen LogP contribution in [0.1, 0.15) is 78.2 Å². The van der Waals surface area contributed by atoms with E-state index in [1.807, 2.05) is 0 Å². The van der Waals surface area contributed by atoms with Crippen LogP contribution in [0.2, 0.25) is 0 Å². The summed E-state index contributed by atoms with van der Waals surface area (Å²) >= 11 is 0. The van der Waals surface area contributed by atoms with E-state index in [1.165, 1.54) is 22.3 Å². The summed E-state index contributed by atoms with van der Waals surface area (Å²) in [4.78, 5) is 10.9. The SMILES string of the molecule is CC(=O)CC/C=C(\C)CC/C=C(\C)CC/C=C(\C)CCc1ccccc1. The Labute approximate surface area is 160 Å². The van der Waals surface area contributed by atoms with E-state index < -0.39 is 0 Å². The standard InChI is InChI=1S/C25H36O/c1-21(11-8-12-22(2)15-10-16-24(4)26)13-9-14-23(3)19-20-25-17-6-5-7-18-25/h5-7,11,14-15,17-18H,8-10,12-13,16,19-20H2,1-4H3/b21-11+,22-15+,23-14+. The molecule has 1 rings (SSSR count). The Bertz CT molecular complexity index is 617. The number of benzene rings is 1. The van der Waals surface area contributed by atoms with Crippen LogP contribution in [0.15, 0.2) is 65.3 Å². The summed E-state index contributed by atoms with van der Waals surface area (Å²) in [5.74, 6) is 0.275. The van der Waals surface area contributed by atoms with Crippen LogP contribution >= 0.6 is 0 Å². The van der Waals surface area contributed by atoms with Gasteiger partial charge in [-0.25, -0.2) is 0 Å². The van der Waals surface area contributed by atoms with E-state index in [9.17, 15) is 4.79 Å². The Morgan fingerprint density at radius 3 is 1.65 bits per heavy atom. The van der Waals surface area contributed by atoms with Gasteiger partial charge in [0.05, 0.1) is 0 Å². The molecule has 1 nitrogen and oxygen atoms in total. The zero-order chi connectivity index (χ0) is 19.2. The molecule has 0 radical (unpaired) electrons. The maximum absolute atomic E-state index is 10.9. The largest absolute Gasteiger partial charge is 0.300 e. The smallest absolute Gasteiger partial charge is 0.130 e. The Morgan fingerprint density at radius 2 is 1.15 bits per heavy atom. The molecule has 26 heavy (non-hydrogen) atoms. The van der Waals surface area contributed by atoms with Gasteiger partial charge in [0.15, 0.2) is 0 Å². The predicted octanol–water partition coefficient (Wildman–Crippen LogP) is 7.39. The van der Waals surface area contributed by atoms with E-state index in [4.69, 9.17) is 0 Å². The highest BCUT2D eigenvalue weighted by atomic mass is 16.1. The molecule has 142 valence electrons. The van der Waals surface area contributed by atoms with Gasteiger partial charge in [0.1, 0.15) is 5.78 Å². The van der Waals surface area contributed by atoms with Crippen molar-refractivity contribution in [3.05, 3.63) is 70.8 Å². The number of Topliss-reactive ketones (excluding diaryl/α,β-unsaturated/α-hetero) is 1.